The lowest BCUT2D eigenvalue weighted by atomic mass is 10.2. The summed E-state index contributed by atoms with van der Waals surface area (Å²) in [6.45, 7) is 1.33. The number of aromatic nitrogens is 3. The summed E-state index contributed by atoms with van der Waals surface area (Å²) < 4.78 is 52.7. The third-order valence-electron chi connectivity index (χ3n) is 3.96. The Morgan fingerprint density at radius 3 is 2.27 bits per heavy atom. The third kappa shape index (κ3) is 4.62. The second-order valence-electron chi connectivity index (χ2n) is 5.99. The molecular formula is C19H17F3N4O4. The number of benzene rings is 2. The van der Waals surface area contributed by atoms with E-state index in [1.54, 1.807) is 18.2 Å². The van der Waals surface area contributed by atoms with Crippen molar-refractivity contribution in [2.45, 2.75) is 13.3 Å². The van der Waals surface area contributed by atoms with Gasteiger partial charge in [0, 0.05) is 18.7 Å². The third-order valence-corrected chi connectivity index (χ3v) is 3.96. The van der Waals surface area contributed by atoms with Crippen molar-refractivity contribution < 1.29 is 32.2 Å². The van der Waals surface area contributed by atoms with E-state index in [-0.39, 0.29) is 23.0 Å². The highest BCUT2D eigenvalue weighted by Gasteiger charge is 2.31. The smallest absolute Gasteiger partial charge is 0.493 e. The number of hydrogen-bond donors (Lipinski definition) is 1. The Balaban J connectivity index is 1.97. The SMILES string of the molecule is COc1ccc(Nc2c(C(C)=O)nnn2-c2ccc(OC(F)(F)F)cc2)cc1OC. The molecule has 1 aromatic heterocycles. The highest BCUT2D eigenvalue weighted by molar-refractivity contribution is 5.97. The van der Waals surface area contributed by atoms with Crippen molar-refractivity contribution in [2.75, 3.05) is 19.5 Å². The summed E-state index contributed by atoms with van der Waals surface area (Å²) in [5.74, 6) is 0.481. The van der Waals surface area contributed by atoms with Crippen LogP contribution in [-0.2, 0) is 0 Å². The van der Waals surface area contributed by atoms with Crippen molar-refractivity contribution in [3.05, 3.63) is 48.2 Å². The number of ketones is 1. The molecule has 3 aromatic rings. The van der Waals surface area contributed by atoms with Crippen molar-refractivity contribution in [2.24, 2.45) is 0 Å². The van der Waals surface area contributed by atoms with Crippen LogP contribution < -0.4 is 19.5 Å². The zero-order chi connectivity index (χ0) is 21.9. The first kappa shape index (κ1) is 21.0. The van der Waals surface area contributed by atoms with Gasteiger partial charge in [0.25, 0.3) is 0 Å². The van der Waals surface area contributed by atoms with Crippen LogP contribution in [0.2, 0.25) is 0 Å². The van der Waals surface area contributed by atoms with Crippen LogP contribution in [-0.4, -0.2) is 41.4 Å². The number of anilines is 2. The zero-order valence-electron chi connectivity index (χ0n) is 16.1. The zero-order valence-corrected chi connectivity index (χ0v) is 16.1. The molecule has 0 atom stereocenters. The van der Waals surface area contributed by atoms with E-state index in [4.69, 9.17) is 9.47 Å². The minimum Gasteiger partial charge on any atom is -0.493 e. The van der Waals surface area contributed by atoms with Crippen LogP contribution in [0.1, 0.15) is 17.4 Å². The molecule has 1 N–H and O–H groups in total. The fourth-order valence-electron chi connectivity index (χ4n) is 2.65. The molecule has 2 aromatic carbocycles. The fraction of sp³-hybridized carbons (Fsp3) is 0.211. The second kappa shape index (κ2) is 8.31. The van der Waals surface area contributed by atoms with Gasteiger partial charge < -0.3 is 19.5 Å². The van der Waals surface area contributed by atoms with Gasteiger partial charge in [0.15, 0.2) is 28.8 Å². The molecular weight excluding hydrogens is 405 g/mol. The van der Waals surface area contributed by atoms with Gasteiger partial charge in [0.2, 0.25) is 0 Å². The van der Waals surface area contributed by atoms with Crippen LogP contribution in [0.4, 0.5) is 24.7 Å². The molecule has 8 nitrogen and oxygen atoms in total. The lowest BCUT2D eigenvalue weighted by Gasteiger charge is -2.13. The molecule has 3 rings (SSSR count). The maximum Gasteiger partial charge on any atom is 0.573 e. The Morgan fingerprint density at radius 2 is 1.70 bits per heavy atom. The fourth-order valence-corrected chi connectivity index (χ4v) is 2.65. The molecule has 0 saturated heterocycles. The summed E-state index contributed by atoms with van der Waals surface area (Å²) in [6, 6.07) is 10.0. The molecule has 0 amide bonds. The van der Waals surface area contributed by atoms with E-state index in [0.717, 1.165) is 12.1 Å². The molecule has 1 heterocycles. The van der Waals surface area contributed by atoms with Crippen molar-refractivity contribution in [1.82, 2.24) is 15.0 Å². The minimum absolute atomic E-state index is 0.0559. The summed E-state index contributed by atoms with van der Waals surface area (Å²) in [5, 5.41) is 10.9. The van der Waals surface area contributed by atoms with E-state index < -0.39 is 6.36 Å². The number of methoxy groups -OCH3 is 2. The van der Waals surface area contributed by atoms with Gasteiger partial charge in [-0.05, 0) is 36.4 Å². The predicted octanol–water partition coefficient (Wildman–Crippen LogP) is 4.13. The molecule has 11 heteroatoms. The molecule has 30 heavy (non-hydrogen) atoms. The molecule has 0 radical (unpaired) electrons. The largest absolute Gasteiger partial charge is 0.573 e. The van der Waals surface area contributed by atoms with Crippen LogP contribution in [0.3, 0.4) is 0 Å². The van der Waals surface area contributed by atoms with Crippen LogP contribution >= 0.6 is 0 Å². The monoisotopic (exact) mass is 422 g/mol. The molecule has 0 aliphatic carbocycles. The van der Waals surface area contributed by atoms with Crippen molar-refractivity contribution >= 4 is 17.3 Å². The lowest BCUT2D eigenvalue weighted by Crippen LogP contribution is -2.17. The van der Waals surface area contributed by atoms with Gasteiger partial charge in [-0.1, -0.05) is 5.21 Å². The highest BCUT2D eigenvalue weighted by atomic mass is 19.4. The van der Waals surface area contributed by atoms with Gasteiger partial charge >= 0.3 is 6.36 Å². The summed E-state index contributed by atoms with van der Waals surface area (Å²) in [4.78, 5) is 12.0. The number of alkyl halides is 3. The van der Waals surface area contributed by atoms with Gasteiger partial charge in [-0.3, -0.25) is 4.79 Å². The van der Waals surface area contributed by atoms with E-state index in [2.05, 4.69) is 20.4 Å². The predicted molar refractivity (Wildman–Crippen MR) is 101 cm³/mol. The Kier molecular flexibility index (Phi) is 5.81. The number of hydrogen-bond acceptors (Lipinski definition) is 7. The average Bonchev–Trinajstić information content (AvgIpc) is 3.11. The summed E-state index contributed by atoms with van der Waals surface area (Å²) in [7, 11) is 2.99. The quantitative estimate of drug-likeness (QED) is 0.573. The van der Waals surface area contributed by atoms with Crippen LogP contribution in [0, 0.1) is 0 Å². The summed E-state index contributed by atoms with van der Waals surface area (Å²) >= 11 is 0. The first-order valence-electron chi connectivity index (χ1n) is 8.53. The van der Waals surface area contributed by atoms with E-state index in [9.17, 15) is 18.0 Å². The van der Waals surface area contributed by atoms with Crippen LogP contribution in [0.15, 0.2) is 42.5 Å². The molecule has 0 bridgehead atoms. The number of ether oxygens (including phenoxy) is 3. The van der Waals surface area contributed by atoms with Gasteiger partial charge in [-0.25, -0.2) is 0 Å². The van der Waals surface area contributed by atoms with E-state index in [1.165, 1.54) is 38.0 Å². The Hall–Kier alpha value is -3.76. The number of carbonyl (C=O) groups excluding carboxylic acids is 1. The minimum atomic E-state index is -4.79. The first-order valence-corrected chi connectivity index (χ1v) is 8.53. The van der Waals surface area contributed by atoms with Gasteiger partial charge in [-0.2, -0.15) is 4.68 Å². The van der Waals surface area contributed by atoms with Crippen molar-refractivity contribution in [3.8, 4) is 22.9 Å². The number of Topliss-reactive ketones (excluding diaryl/α,β-unsaturated/α-hetero) is 1. The van der Waals surface area contributed by atoms with E-state index in [1.807, 2.05) is 0 Å². The van der Waals surface area contributed by atoms with Crippen LogP contribution in [0.25, 0.3) is 5.69 Å². The van der Waals surface area contributed by atoms with Crippen molar-refractivity contribution in [1.29, 1.82) is 0 Å². The van der Waals surface area contributed by atoms with E-state index >= 15 is 0 Å². The molecule has 0 aliphatic rings. The Bertz CT molecular complexity index is 1050. The summed E-state index contributed by atoms with van der Waals surface area (Å²) in [5.41, 5.74) is 0.976. The normalized spacial score (nSPS) is 11.1. The van der Waals surface area contributed by atoms with Crippen molar-refractivity contribution in [3.63, 3.8) is 0 Å². The number of carbonyl (C=O) groups is 1. The standard InChI is InChI=1S/C19H17F3N4O4/c1-11(27)17-18(23-12-4-9-15(28-2)16(10-12)29-3)26(25-24-17)13-5-7-14(8-6-13)30-19(20,21)22/h4-10,23H,1-3H3. The van der Waals surface area contributed by atoms with Gasteiger partial charge in [0.1, 0.15) is 5.75 Å². The molecule has 0 fully saturated rings. The maximum atomic E-state index is 12.4. The van der Waals surface area contributed by atoms with Gasteiger partial charge in [0.05, 0.1) is 19.9 Å². The number of rotatable bonds is 7. The maximum absolute atomic E-state index is 12.4. The average molecular weight is 422 g/mol. The van der Waals surface area contributed by atoms with E-state index in [0.29, 0.717) is 22.9 Å². The molecule has 0 aliphatic heterocycles. The molecule has 0 unspecified atom stereocenters. The first-order chi connectivity index (χ1) is 14.2. The number of halogens is 3. The molecule has 0 saturated carbocycles. The van der Waals surface area contributed by atoms with Gasteiger partial charge in [-0.15, -0.1) is 18.3 Å². The number of nitrogens with zero attached hydrogens (tertiary/aromatic N) is 3. The topological polar surface area (TPSA) is 87.5 Å². The Morgan fingerprint density at radius 1 is 1.03 bits per heavy atom. The van der Waals surface area contributed by atoms with Crippen LogP contribution in [0.5, 0.6) is 17.2 Å². The molecule has 158 valence electrons. The summed E-state index contributed by atoms with van der Waals surface area (Å²) in [6.07, 6.45) is -4.79. The number of nitrogens with one attached hydrogen (secondary N) is 1. The Labute approximate surface area is 169 Å². The highest BCUT2D eigenvalue weighted by Crippen LogP contribution is 2.32. The second-order valence-corrected chi connectivity index (χ2v) is 5.99. The lowest BCUT2D eigenvalue weighted by molar-refractivity contribution is -0.274. The molecule has 0 spiro atoms.